The van der Waals surface area contributed by atoms with Gasteiger partial charge in [-0.2, -0.15) is 0 Å². The second-order valence-corrected chi connectivity index (χ2v) is 10.1. The lowest BCUT2D eigenvalue weighted by atomic mass is 9.98. The Hall–Kier alpha value is -3.51. The quantitative estimate of drug-likeness (QED) is 0.148. The first-order valence-corrected chi connectivity index (χ1v) is 12.9. The van der Waals surface area contributed by atoms with Crippen LogP contribution in [0.1, 0.15) is 6.92 Å². The number of benzene rings is 2. The predicted molar refractivity (Wildman–Crippen MR) is 138 cm³/mol. The average Bonchev–Trinajstić information content (AvgIpc) is 2.95. The molecule has 9 N–H and O–H groups in total. The minimum Gasteiger partial charge on any atom is -0.507 e. The first-order chi connectivity index (χ1) is 19.8. The van der Waals surface area contributed by atoms with Crippen molar-refractivity contribution in [2.45, 2.75) is 68.3 Å². The van der Waals surface area contributed by atoms with E-state index in [1.165, 1.54) is 19.1 Å². The van der Waals surface area contributed by atoms with Crippen LogP contribution < -0.4 is 10.2 Å². The molecule has 3 heterocycles. The van der Waals surface area contributed by atoms with Gasteiger partial charge in [0.15, 0.2) is 34.7 Å². The number of aliphatic hydroxyl groups excluding tert-OH is 6. The van der Waals surface area contributed by atoms with E-state index in [1.54, 1.807) is 0 Å². The Balaban J connectivity index is 1.44. The molecule has 15 nitrogen and oxygen atoms in total. The van der Waals surface area contributed by atoms with E-state index in [1.807, 2.05) is 0 Å². The van der Waals surface area contributed by atoms with Crippen molar-refractivity contribution in [1.82, 2.24) is 0 Å². The zero-order chi connectivity index (χ0) is 30.5. The van der Waals surface area contributed by atoms with Gasteiger partial charge in [0.05, 0.1) is 18.3 Å². The Kier molecular flexibility index (Phi) is 8.30. The molecule has 42 heavy (non-hydrogen) atoms. The van der Waals surface area contributed by atoms with E-state index in [9.17, 15) is 50.8 Å². The molecule has 2 fully saturated rings. The van der Waals surface area contributed by atoms with Crippen LogP contribution >= 0.6 is 0 Å². The number of hydrogen-bond donors (Lipinski definition) is 9. The number of fused-ring (bicyclic) bond motifs is 1. The van der Waals surface area contributed by atoms with Crippen molar-refractivity contribution in [2.24, 2.45) is 0 Å². The standard InChI is InChI=1S/C27H30O15/c1-9-19(32)21(34)23(36)26(39-9)38-8-18-20(33)22(35)24(37)27(42-18)41-17-7-12-14(30)5-11(28)6-16(12)40-25(17)10-2-3-13(29)15(31)4-10/h2-7,9,18-24,26-27,29-37H,8H2,1H3/t9-,18+,19-,20+,21+,22-,23+,24+,26?,27+/m0/s1. The van der Waals surface area contributed by atoms with E-state index in [0.29, 0.717) is 0 Å². The van der Waals surface area contributed by atoms with E-state index in [0.717, 1.165) is 24.3 Å². The molecule has 1 aromatic carbocycles. The highest BCUT2D eigenvalue weighted by atomic mass is 16.7. The summed E-state index contributed by atoms with van der Waals surface area (Å²) >= 11 is 0. The first-order valence-electron chi connectivity index (χ1n) is 12.9. The maximum Gasteiger partial charge on any atom is 0.229 e. The Morgan fingerprint density at radius 3 is 2.14 bits per heavy atom. The predicted octanol–water partition coefficient (Wildman–Crippen LogP) is -1.44. The van der Waals surface area contributed by atoms with E-state index in [-0.39, 0.29) is 28.4 Å². The molecule has 15 heteroatoms. The maximum atomic E-state index is 12.0. The lowest BCUT2D eigenvalue weighted by molar-refractivity contribution is -0.318. The summed E-state index contributed by atoms with van der Waals surface area (Å²) in [5, 5.41) is 91.9. The highest BCUT2D eigenvalue weighted by Crippen LogP contribution is 2.43. The van der Waals surface area contributed by atoms with Crippen LogP contribution in [-0.4, -0.2) is 114 Å². The number of ether oxygens (including phenoxy) is 4. The summed E-state index contributed by atoms with van der Waals surface area (Å²) in [5.74, 6) is -1.80. The van der Waals surface area contributed by atoms with Gasteiger partial charge < -0.3 is 69.3 Å². The van der Waals surface area contributed by atoms with Crippen molar-refractivity contribution in [1.29, 1.82) is 0 Å². The van der Waals surface area contributed by atoms with Crippen molar-refractivity contribution in [2.75, 3.05) is 6.61 Å². The topological polar surface area (TPSA) is 249 Å². The third-order valence-electron chi connectivity index (χ3n) is 7.19. The average molecular weight is 595 g/mol. The molecular formula is C27H30O15. The summed E-state index contributed by atoms with van der Waals surface area (Å²) in [7, 11) is 0. The summed E-state index contributed by atoms with van der Waals surface area (Å²) < 4.78 is 28.2. The highest BCUT2D eigenvalue weighted by Gasteiger charge is 2.47. The Bertz CT molecular complexity index is 1440. The smallest absolute Gasteiger partial charge is 0.229 e. The molecule has 0 aromatic heterocycles. The molecular weight excluding hydrogens is 564 g/mol. The van der Waals surface area contributed by atoms with Crippen LogP contribution in [0.2, 0.25) is 0 Å². The third kappa shape index (κ3) is 5.61. The number of aromatic hydroxyl groups is 3. The van der Waals surface area contributed by atoms with Gasteiger partial charge in [0.2, 0.25) is 6.29 Å². The van der Waals surface area contributed by atoms with Gasteiger partial charge in [-0.1, -0.05) is 0 Å². The maximum absolute atomic E-state index is 12.0. The fraction of sp³-hybridized carbons (Fsp3) is 0.444. The number of aliphatic hydroxyl groups is 6. The Morgan fingerprint density at radius 2 is 1.43 bits per heavy atom. The molecule has 1 aromatic rings. The zero-order valence-corrected chi connectivity index (χ0v) is 21.9. The van der Waals surface area contributed by atoms with E-state index < -0.39 is 90.7 Å². The fourth-order valence-corrected chi connectivity index (χ4v) is 4.74. The van der Waals surface area contributed by atoms with Gasteiger partial charge in [0.1, 0.15) is 54.2 Å². The minimum atomic E-state index is -1.83. The zero-order valence-electron chi connectivity index (χ0n) is 21.9. The number of phenolic OH excluding ortho intramolecular Hbond substituents is 3. The van der Waals surface area contributed by atoms with Crippen LogP contribution in [0.5, 0.6) is 23.0 Å². The summed E-state index contributed by atoms with van der Waals surface area (Å²) in [6, 6.07) is 6.93. The molecule has 0 spiro atoms. The fourth-order valence-electron chi connectivity index (χ4n) is 4.74. The van der Waals surface area contributed by atoms with Crippen LogP contribution in [0.15, 0.2) is 45.6 Å². The van der Waals surface area contributed by atoms with E-state index >= 15 is 0 Å². The molecule has 0 amide bonds. The van der Waals surface area contributed by atoms with Gasteiger partial charge in [-0.25, -0.2) is 0 Å². The van der Waals surface area contributed by atoms with Crippen molar-refractivity contribution in [3.8, 4) is 45.6 Å². The Morgan fingerprint density at radius 1 is 0.738 bits per heavy atom. The van der Waals surface area contributed by atoms with Gasteiger partial charge in [-0.15, -0.1) is 0 Å². The summed E-state index contributed by atoms with van der Waals surface area (Å²) in [5.41, 5.74) is -0.395. The molecule has 5 rings (SSSR count). The van der Waals surface area contributed by atoms with Gasteiger partial charge in [-0.05, 0) is 31.2 Å². The van der Waals surface area contributed by atoms with Gasteiger partial charge >= 0.3 is 0 Å². The van der Waals surface area contributed by atoms with Crippen molar-refractivity contribution in [3.63, 3.8) is 0 Å². The second-order valence-electron chi connectivity index (χ2n) is 10.1. The summed E-state index contributed by atoms with van der Waals surface area (Å²) in [6.07, 6.45) is -15.4. The molecule has 2 saturated heterocycles. The van der Waals surface area contributed by atoms with Crippen LogP contribution in [0.25, 0.3) is 22.6 Å². The van der Waals surface area contributed by atoms with Crippen LogP contribution in [0.4, 0.5) is 0 Å². The number of hydrogen-bond acceptors (Lipinski definition) is 15. The molecule has 0 radical (unpaired) electrons. The normalized spacial score (nSPS) is 33.5. The molecule has 3 aliphatic heterocycles. The van der Waals surface area contributed by atoms with Gasteiger partial charge in [-0.3, -0.25) is 4.79 Å². The van der Waals surface area contributed by atoms with Crippen molar-refractivity contribution in [3.05, 3.63) is 46.6 Å². The molecule has 0 bridgehead atoms. The van der Waals surface area contributed by atoms with Gasteiger partial charge in [0, 0.05) is 17.7 Å². The molecule has 4 aliphatic rings. The van der Waals surface area contributed by atoms with Crippen molar-refractivity contribution >= 4 is 0 Å². The third-order valence-corrected chi connectivity index (χ3v) is 7.19. The molecule has 228 valence electrons. The highest BCUT2D eigenvalue weighted by molar-refractivity contribution is 5.76. The molecule has 0 saturated carbocycles. The lowest BCUT2D eigenvalue weighted by Gasteiger charge is -2.42. The van der Waals surface area contributed by atoms with Crippen LogP contribution in [0, 0.1) is 0 Å². The minimum absolute atomic E-state index is 0.0282. The van der Waals surface area contributed by atoms with Gasteiger partial charge in [0.25, 0.3) is 0 Å². The van der Waals surface area contributed by atoms with E-state index in [2.05, 4.69) is 0 Å². The SMILES string of the molecule is C[C@@H]1OC(OC[C@H]2O[C@@H](Oc3cc4c(O)cc(=O)cc-4oc3-c3ccc(O)c(O)c3)[C@H](O)[C@@H](O)[C@@H]2O)[C@H](O)[C@H](O)[C@H]1O. The molecule has 1 aliphatic carbocycles. The molecule has 10 atom stereocenters. The second kappa shape index (κ2) is 11.6. The van der Waals surface area contributed by atoms with Crippen molar-refractivity contribution < 1.29 is 69.3 Å². The number of phenols is 3. The summed E-state index contributed by atoms with van der Waals surface area (Å²) in [4.78, 5) is 12.0. The number of rotatable bonds is 6. The lowest BCUT2D eigenvalue weighted by Crippen LogP contribution is -2.61. The summed E-state index contributed by atoms with van der Waals surface area (Å²) in [6.45, 7) is 0.914. The van der Waals surface area contributed by atoms with Crippen LogP contribution in [0.3, 0.4) is 0 Å². The van der Waals surface area contributed by atoms with E-state index in [4.69, 9.17) is 23.4 Å². The monoisotopic (exact) mass is 594 g/mol. The Labute approximate surface area is 236 Å². The van der Waals surface area contributed by atoms with Crippen LogP contribution in [-0.2, 0) is 14.2 Å². The molecule has 1 unspecified atom stereocenters. The first kappa shape index (κ1) is 30.0. The largest absolute Gasteiger partial charge is 0.507 e.